The minimum Gasteiger partial charge on any atom is -0.465 e. The molecule has 7 heteroatoms. The Labute approximate surface area is 165 Å². The Hall–Kier alpha value is -4.00. The van der Waals surface area contributed by atoms with Gasteiger partial charge in [-0.05, 0) is 29.7 Å². The first-order chi connectivity index (χ1) is 14.0. The molecule has 4 rings (SSSR count). The number of ether oxygens (including phenoxy) is 1. The summed E-state index contributed by atoms with van der Waals surface area (Å²) in [4.78, 5) is 51.1. The zero-order valence-corrected chi connectivity index (χ0v) is 15.5. The zero-order valence-electron chi connectivity index (χ0n) is 15.5. The van der Waals surface area contributed by atoms with Crippen LogP contribution in [0.4, 0.5) is 5.69 Å². The summed E-state index contributed by atoms with van der Waals surface area (Å²) >= 11 is 0. The summed E-state index contributed by atoms with van der Waals surface area (Å²) in [5, 5.41) is 3.96. The van der Waals surface area contributed by atoms with Crippen LogP contribution in [-0.2, 0) is 9.53 Å². The maximum absolute atomic E-state index is 12.9. The predicted octanol–water partition coefficient (Wildman–Crippen LogP) is 2.86. The van der Waals surface area contributed by atoms with Gasteiger partial charge in [0.15, 0.2) is 0 Å². The molecular formula is C22H16N2O5. The molecule has 1 aliphatic rings. The number of hydrogen-bond donors (Lipinski definition) is 1. The molecule has 3 amide bonds. The van der Waals surface area contributed by atoms with Crippen molar-refractivity contribution in [3.8, 4) is 0 Å². The number of para-hydroxylation sites is 1. The van der Waals surface area contributed by atoms with E-state index in [0.29, 0.717) is 16.5 Å². The average Bonchev–Trinajstić information content (AvgIpc) is 2.74. The van der Waals surface area contributed by atoms with E-state index in [1.165, 1.54) is 13.2 Å². The minimum absolute atomic E-state index is 0.176. The fourth-order valence-electron chi connectivity index (χ4n) is 3.44. The summed E-state index contributed by atoms with van der Waals surface area (Å²) in [5.74, 6) is -2.27. The average molecular weight is 388 g/mol. The molecule has 0 saturated heterocycles. The number of anilines is 1. The third-order valence-corrected chi connectivity index (χ3v) is 4.76. The van der Waals surface area contributed by atoms with Gasteiger partial charge >= 0.3 is 5.97 Å². The molecule has 0 aliphatic carbocycles. The van der Waals surface area contributed by atoms with Crippen molar-refractivity contribution < 1.29 is 23.9 Å². The first kappa shape index (κ1) is 18.4. The lowest BCUT2D eigenvalue weighted by atomic mass is 9.94. The number of hydrogen-bond acceptors (Lipinski definition) is 5. The molecule has 7 nitrogen and oxygen atoms in total. The molecule has 0 aromatic heterocycles. The van der Waals surface area contributed by atoms with Crippen molar-refractivity contribution in [1.29, 1.82) is 0 Å². The van der Waals surface area contributed by atoms with Crippen molar-refractivity contribution in [2.75, 3.05) is 19.0 Å². The van der Waals surface area contributed by atoms with E-state index in [-0.39, 0.29) is 11.3 Å². The quantitative estimate of drug-likeness (QED) is 0.548. The Morgan fingerprint density at radius 1 is 0.897 bits per heavy atom. The van der Waals surface area contributed by atoms with Gasteiger partial charge in [-0.1, -0.05) is 36.4 Å². The molecule has 29 heavy (non-hydrogen) atoms. The Bertz CT molecular complexity index is 1130. The van der Waals surface area contributed by atoms with Crippen LogP contribution in [0, 0.1) is 0 Å². The molecule has 1 aliphatic heterocycles. The second-order valence-electron chi connectivity index (χ2n) is 6.49. The van der Waals surface area contributed by atoms with Crippen LogP contribution >= 0.6 is 0 Å². The number of esters is 1. The van der Waals surface area contributed by atoms with Crippen molar-refractivity contribution in [2.45, 2.75) is 0 Å². The van der Waals surface area contributed by atoms with Gasteiger partial charge in [0, 0.05) is 16.5 Å². The van der Waals surface area contributed by atoms with Crippen molar-refractivity contribution in [3.63, 3.8) is 0 Å². The number of rotatable bonds is 4. The monoisotopic (exact) mass is 388 g/mol. The Kier molecular flexibility index (Phi) is 4.56. The van der Waals surface area contributed by atoms with Crippen molar-refractivity contribution >= 4 is 40.2 Å². The summed E-state index contributed by atoms with van der Waals surface area (Å²) < 4.78 is 4.71. The number of nitrogens with zero attached hydrogens (tertiary/aromatic N) is 1. The molecule has 0 spiro atoms. The highest BCUT2D eigenvalue weighted by Gasteiger charge is 2.34. The highest BCUT2D eigenvalue weighted by molar-refractivity contribution is 6.26. The standard InChI is InChI=1S/C22H16N2O5/c1-29-22(28)14-8-2-3-11-17(14)23-18(25)12-24-20(26)15-9-4-6-13-7-5-10-16(19(13)15)21(24)27/h2-11H,12H2,1H3,(H,23,25). The zero-order chi connectivity index (χ0) is 20.5. The van der Waals surface area contributed by atoms with Gasteiger partial charge in [0.25, 0.3) is 11.8 Å². The molecule has 0 fully saturated rings. The van der Waals surface area contributed by atoms with E-state index >= 15 is 0 Å². The number of carbonyl (C=O) groups excluding carboxylic acids is 4. The van der Waals surface area contributed by atoms with E-state index < -0.39 is 30.2 Å². The maximum atomic E-state index is 12.9. The molecule has 0 atom stereocenters. The first-order valence-corrected chi connectivity index (χ1v) is 8.86. The third-order valence-electron chi connectivity index (χ3n) is 4.76. The Morgan fingerprint density at radius 2 is 1.52 bits per heavy atom. The van der Waals surface area contributed by atoms with Crippen LogP contribution < -0.4 is 5.32 Å². The number of nitrogens with one attached hydrogen (secondary N) is 1. The highest BCUT2D eigenvalue weighted by Crippen LogP contribution is 2.29. The Balaban J connectivity index is 1.61. The predicted molar refractivity (Wildman–Crippen MR) is 106 cm³/mol. The van der Waals surface area contributed by atoms with Crippen LogP contribution in [0.3, 0.4) is 0 Å². The van der Waals surface area contributed by atoms with Gasteiger partial charge in [-0.15, -0.1) is 0 Å². The summed E-state index contributed by atoms with van der Waals surface area (Å²) in [6.07, 6.45) is 0. The summed E-state index contributed by atoms with van der Waals surface area (Å²) in [7, 11) is 1.24. The lowest BCUT2D eigenvalue weighted by molar-refractivity contribution is -0.116. The van der Waals surface area contributed by atoms with Gasteiger partial charge in [-0.2, -0.15) is 0 Å². The van der Waals surface area contributed by atoms with Crippen LogP contribution in [-0.4, -0.2) is 42.2 Å². The number of imide groups is 1. The molecule has 0 unspecified atom stereocenters. The van der Waals surface area contributed by atoms with E-state index in [2.05, 4.69) is 5.32 Å². The van der Waals surface area contributed by atoms with Crippen LogP contribution in [0.2, 0.25) is 0 Å². The summed E-state index contributed by atoms with van der Waals surface area (Å²) in [6.45, 7) is -0.474. The van der Waals surface area contributed by atoms with E-state index in [4.69, 9.17) is 4.74 Å². The van der Waals surface area contributed by atoms with Crippen LogP contribution in [0.5, 0.6) is 0 Å². The van der Waals surface area contributed by atoms with Crippen LogP contribution in [0.25, 0.3) is 10.8 Å². The fraction of sp³-hybridized carbons (Fsp3) is 0.0909. The fourth-order valence-corrected chi connectivity index (χ4v) is 3.44. The summed E-state index contributed by atoms with van der Waals surface area (Å²) in [5.41, 5.74) is 1.17. The molecule has 3 aromatic rings. The number of carbonyl (C=O) groups is 4. The second kappa shape index (κ2) is 7.20. The van der Waals surface area contributed by atoms with Gasteiger partial charge in [-0.25, -0.2) is 4.79 Å². The normalized spacial score (nSPS) is 12.8. The van der Waals surface area contributed by atoms with Gasteiger partial charge in [0.2, 0.25) is 5.91 Å². The van der Waals surface area contributed by atoms with E-state index in [1.807, 2.05) is 12.1 Å². The van der Waals surface area contributed by atoms with Gasteiger partial charge in [0.1, 0.15) is 6.54 Å². The summed E-state index contributed by atoms with van der Waals surface area (Å²) in [6, 6.07) is 16.7. The van der Waals surface area contributed by atoms with E-state index in [1.54, 1.807) is 42.5 Å². The first-order valence-electron chi connectivity index (χ1n) is 8.86. The molecule has 144 valence electrons. The minimum atomic E-state index is -0.605. The van der Waals surface area contributed by atoms with Crippen molar-refractivity contribution in [3.05, 3.63) is 77.4 Å². The molecule has 0 bridgehead atoms. The molecule has 3 aromatic carbocycles. The molecule has 0 radical (unpaired) electrons. The maximum Gasteiger partial charge on any atom is 0.339 e. The van der Waals surface area contributed by atoms with E-state index in [9.17, 15) is 19.2 Å². The smallest absolute Gasteiger partial charge is 0.339 e. The van der Waals surface area contributed by atoms with Crippen LogP contribution in [0.15, 0.2) is 60.7 Å². The highest BCUT2D eigenvalue weighted by atomic mass is 16.5. The number of methoxy groups -OCH3 is 1. The molecule has 1 heterocycles. The largest absolute Gasteiger partial charge is 0.465 e. The van der Waals surface area contributed by atoms with Gasteiger partial charge in [-0.3, -0.25) is 19.3 Å². The van der Waals surface area contributed by atoms with Gasteiger partial charge in [0.05, 0.1) is 18.4 Å². The SMILES string of the molecule is COC(=O)c1ccccc1NC(=O)CN1C(=O)c2cccc3cccc(c23)C1=O. The second-order valence-corrected chi connectivity index (χ2v) is 6.49. The lowest BCUT2D eigenvalue weighted by Crippen LogP contribution is -2.44. The van der Waals surface area contributed by atoms with E-state index in [0.717, 1.165) is 10.3 Å². The molecule has 0 saturated carbocycles. The van der Waals surface area contributed by atoms with Gasteiger partial charge < -0.3 is 10.1 Å². The number of amides is 3. The topological polar surface area (TPSA) is 92.8 Å². The number of benzene rings is 3. The molecular weight excluding hydrogens is 372 g/mol. The van der Waals surface area contributed by atoms with Crippen LogP contribution in [0.1, 0.15) is 31.1 Å². The Morgan fingerprint density at radius 3 is 2.14 bits per heavy atom. The van der Waals surface area contributed by atoms with Crippen molar-refractivity contribution in [1.82, 2.24) is 4.90 Å². The lowest BCUT2D eigenvalue weighted by Gasteiger charge is -2.26. The van der Waals surface area contributed by atoms with Crippen molar-refractivity contribution in [2.24, 2.45) is 0 Å². The molecule has 1 N–H and O–H groups in total. The third kappa shape index (κ3) is 3.12.